The minimum Gasteiger partial charge on any atom is -0.481 e. The molecule has 1 aromatic carbocycles. The van der Waals surface area contributed by atoms with Crippen LogP contribution >= 0.6 is 23.4 Å². The van der Waals surface area contributed by atoms with Crippen molar-refractivity contribution in [2.24, 2.45) is 0 Å². The molecule has 0 aromatic heterocycles. The molecular formula is C18H26ClNO2S. The summed E-state index contributed by atoms with van der Waals surface area (Å²) in [5.41, 5.74) is 0. The summed E-state index contributed by atoms with van der Waals surface area (Å²) in [5, 5.41) is 4.44. The molecule has 3 nitrogen and oxygen atoms in total. The molecule has 1 aliphatic rings. The molecule has 1 N–H and O–H groups in total. The van der Waals surface area contributed by atoms with Crippen LogP contribution in [0.4, 0.5) is 0 Å². The molecule has 0 radical (unpaired) electrons. The van der Waals surface area contributed by atoms with Crippen LogP contribution in [0.25, 0.3) is 0 Å². The summed E-state index contributed by atoms with van der Waals surface area (Å²) in [6, 6.07) is 7.11. The van der Waals surface area contributed by atoms with Crippen molar-refractivity contribution in [3.05, 3.63) is 29.3 Å². The molecule has 0 spiro atoms. The van der Waals surface area contributed by atoms with Gasteiger partial charge in [0.05, 0.1) is 0 Å². The molecule has 23 heavy (non-hydrogen) atoms. The van der Waals surface area contributed by atoms with Gasteiger partial charge in [-0.05, 0) is 43.5 Å². The van der Waals surface area contributed by atoms with Crippen molar-refractivity contribution >= 4 is 29.3 Å². The average molecular weight is 356 g/mol. The van der Waals surface area contributed by atoms with Gasteiger partial charge in [0.1, 0.15) is 5.75 Å². The standard InChI is InChI=1S/C18H26ClNO2S/c1-2-17(22-15-10-8-14(19)9-11-15)18(21)20-12-13-23-16-6-4-3-5-7-16/h8-11,16-17H,2-7,12-13H2,1H3,(H,20,21)/t17-/m0/s1. The van der Waals surface area contributed by atoms with Crippen molar-refractivity contribution in [3.8, 4) is 5.75 Å². The average Bonchev–Trinajstić information content (AvgIpc) is 2.59. The minimum absolute atomic E-state index is 0.0355. The molecule has 2 rings (SSSR count). The highest BCUT2D eigenvalue weighted by Crippen LogP contribution is 2.27. The van der Waals surface area contributed by atoms with Gasteiger partial charge in [-0.15, -0.1) is 0 Å². The van der Waals surface area contributed by atoms with Gasteiger partial charge in [-0.3, -0.25) is 4.79 Å². The number of nitrogens with one attached hydrogen (secondary N) is 1. The van der Waals surface area contributed by atoms with Crippen LogP contribution in [0.3, 0.4) is 0 Å². The maximum atomic E-state index is 12.2. The van der Waals surface area contributed by atoms with Gasteiger partial charge in [0.2, 0.25) is 0 Å². The third-order valence-corrected chi connectivity index (χ3v) is 5.70. The molecule has 0 bridgehead atoms. The number of hydrogen-bond acceptors (Lipinski definition) is 3. The first-order valence-electron chi connectivity index (χ1n) is 8.50. The predicted molar refractivity (Wildman–Crippen MR) is 98.5 cm³/mol. The minimum atomic E-state index is -0.448. The molecule has 5 heteroatoms. The fraction of sp³-hybridized carbons (Fsp3) is 0.611. The third kappa shape index (κ3) is 6.64. The molecule has 1 amide bonds. The number of rotatable bonds is 8. The maximum absolute atomic E-state index is 12.2. The fourth-order valence-corrected chi connectivity index (χ4v) is 4.09. The van der Waals surface area contributed by atoms with E-state index in [1.807, 2.05) is 18.7 Å². The molecule has 1 saturated carbocycles. The van der Waals surface area contributed by atoms with E-state index in [1.54, 1.807) is 24.3 Å². The van der Waals surface area contributed by atoms with E-state index >= 15 is 0 Å². The first-order valence-corrected chi connectivity index (χ1v) is 9.93. The molecule has 0 heterocycles. The quantitative estimate of drug-likeness (QED) is 0.688. The summed E-state index contributed by atoms with van der Waals surface area (Å²) in [4.78, 5) is 12.2. The zero-order chi connectivity index (χ0) is 16.5. The Morgan fingerprint density at radius 3 is 2.65 bits per heavy atom. The Kier molecular flexibility index (Phi) is 8.10. The second-order valence-corrected chi connectivity index (χ2v) is 7.74. The van der Waals surface area contributed by atoms with Gasteiger partial charge in [-0.25, -0.2) is 0 Å². The Bertz CT molecular complexity index is 474. The van der Waals surface area contributed by atoms with Crippen LogP contribution in [0.5, 0.6) is 5.75 Å². The van der Waals surface area contributed by atoms with Crippen LogP contribution in [-0.4, -0.2) is 29.6 Å². The van der Waals surface area contributed by atoms with Crippen molar-refractivity contribution in [3.63, 3.8) is 0 Å². The van der Waals surface area contributed by atoms with E-state index in [2.05, 4.69) is 5.32 Å². The van der Waals surface area contributed by atoms with E-state index in [-0.39, 0.29) is 5.91 Å². The van der Waals surface area contributed by atoms with Crippen molar-refractivity contribution < 1.29 is 9.53 Å². The Hall–Kier alpha value is -0.870. The maximum Gasteiger partial charge on any atom is 0.261 e. The lowest BCUT2D eigenvalue weighted by molar-refractivity contribution is -0.127. The van der Waals surface area contributed by atoms with Crippen LogP contribution in [0.15, 0.2) is 24.3 Å². The van der Waals surface area contributed by atoms with Gasteiger partial charge in [-0.2, -0.15) is 11.8 Å². The lowest BCUT2D eigenvalue weighted by Crippen LogP contribution is -2.39. The Morgan fingerprint density at radius 2 is 2.00 bits per heavy atom. The van der Waals surface area contributed by atoms with E-state index in [1.165, 1.54) is 32.1 Å². The van der Waals surface area contributed by atoms with Gasteiger partial charge >= 0.3 is 0 Å². The first kappa shape index (κ1) is 18.5. The van der Waals surface area contributed by atoms with E-state index < -0.39 is 6.10 Å². The van der Waals surface area contributed by atoms with Crippen LogP contribution in [0.2, 0.25) is 5.02 Å². The first-order chi connectivity index (χ1) is 11.2. The normalized spacial score (nSPS) is 16.8. The Labute approximate surface area is 148 Å². The summed E-state index contributed by atoms with van der Waals surface area (Å²) in [7, 11) is 0. The van der Waals surface area contributed by atoms with Crippen LogP contribution in [-0.2, 0) is 4.79 Å². The second kappa shape index (κ2) is 10.1. The number of ether oxygens (including phenoxy) is 1. The number of carbonyl (C=O) groups excluding carboxylic acids is 1. The van der Waals surface area contributed by atoms with Gasteiger partial charge in [0.25, 0.3) is 5.91 Å². The second-order valence-electron chi connectivity index (χ2n) is 5.89. The largest absolute Gasteiger partial charge is 0.481 e. The van der Waals surface area contributed by atoms with E-state index in [9.17, 15) is 4.79 Å². The lowest BCUT2D eigenvalue weighted by atomic mass is 10.0. The molecule has 0 unspecified atom stereocenters. The van der Waals surface area contributed by atoms with Crippen molar-refractivity contribution in [2.75, 3.05) is 12.3 Å². The molecular weight excluding hydrogens is 330 g/mol. The zero-order valence-electron chi connectivity index (χ0n) is 13.7. The molecule has 0 saturated heterocycles. The highest BCUT2D eigenvalue weighted by molar-refractivity contribution is 7.99. The fourth-order valence-electron chi connectivity index (χ4n) is 2.75. The molecule has 0 aliphatic heterocycles. The molecule has 1 atom stereocenters. The van der Waals surface area contributed by atoms with Gasteiger partial charge in [0, 0.05) is 22.6 Å². The summed E-state index contributed by atoms with van der Waals surface area (Å²) in [5.74, 6) is 1.62. The molecule has 1 fully saturated rings. The van der Waals surface area contributed by atoms with Crippen LogP contribution in [0.1, 0.15) is 45.4 Å². The van der Waals surface area contributed by atoms with E-state index in [0.717, 1.165) is 11.0 Å². The smallest absolute Gasteiger partial charge is 0.261 e. The zero-order valence-corrected chi connectivity index (χ0v) is 15.3. The number of halogens is 1. The van der Waals surface area contributed by atoms with E-state index in [0.29, 0.717) is 23.7 Å². The molecule has 1 aliphatic carbocycles. The number of hydrogen-bond donors (Lipinski definition) is 1. The number of amides is 1. The van der Waals surface area contributed by atoms with Gasteiger partial charge < -0.3 is 10.1 Å². The number of thioether (sulfide) groups is 1. The molecule has 128 valence electrons. The molecule has 1 aromatic rings. The van der Waals surface area contributed by atoms with Crippen molar-refractivity contribution in [2.45, 2.75) is 56.8 Å². The number of carbonyl (C=O) groups is 1. The summed E-state index contributed by atoms with van der Waals surface area (Å²) >= 11 is 7.85. The van der Waals surface area contributed by atoms with Crippen molar-refractivity contribution in [1.82, 2.24) is 5.32 Å². The van der Waals surface area contributed by atoms with Gasteiger partial charge in [0.15, 0.2) is 6.10 Å². The lowest BCUT2D eigenvalue weighted by Gasteiger charge is -2.21. The summed E-state index contributed by atoms with van der Waals surface area (Å²) in [6.45, 7) is 2.66. The Balaban J connectivity index is 1.68. The SMILES string of the molecule is CC[C@H](Oc1ccc(Cl)cc1)C(=O)NCCSC1CCCCC1. The highest BCUT2D eigenvalue weighted by atomic mass is 35.5. The van der Waals surface area contributed by atoms with E-state index in [4.69, 9.17) is 16.3 Å². The predicted octanol–water partition coefficient (Wildman–Crippen LogP) is 4.68. The monoisotopic (exact) mass is 355 g/mol. The topological polar surface area (TPSA) is 38.3 Å². The van der Waals surface area contributed by atoms with Crippen LogP contribution in [0, 0.1) is 0 Å². The Morgan fingerprint density at radius 1 is 1.30 bits per heavy atom. The number of benzene rings is 1. The van der Waals surface area contributed by atoms with Crippen molar-refractivity contribution in [1.29, 1.82) is 0 Å². The summed E-state index contributed by atoms with van der Waals surface area (Å²) in [6.07, 6.45) is 6.95. The summed E-state index contributed by atoms with van der Waals surface area (Å²) < 4.78 is 5.75. The van der Waals surface area contributed by atoms with Gasteiger partial charge in [-0.1, -0.05) is 37.8 Å². The third-order valence-electron chi connectivity index (χ3n) is 4.06. The highest BCUT2D eigenvalue weighted by Gasteiger charge is 2.18. The van der Waals surface area contributed by atoms with Crippen LogP contribution < -0.4 is 10.1 Å².